The number of carbonyl (C=O) groups excluding carboxylic acids is 2. The molecule has 1 atom stereocenters. The predicted molar refractivity (Wildman–Crippen MR) is 134 cm³/mol. The fraction of sp³-hybridized carbons (Fsp3) is 0.500. The normalized spacial score (nSPS) is 18.3. The molecule has 8 heteroatoms. The average Bonchev–Trinajstić information content (AvgIpc) is 3.16. The number of aromatic nitrogens is 1. The van der Waals surface area contributed by atoms with Gasteiger partial charge >= 0.3 is 6.03 Å². The molecule has 0 saturated carbocycles. The van der Waals surface area contributed by atoms with Crippen LogP contribution in [0, 0.1) is 0 Å². The minimum Gasteiger partial charge on any atom is -0.342 e. The van der Waals surface area contributed by atoms with Crippen molar-refractivity contribution in [1.82, 2.24) is 25.0 Å². The maximum absolute atomic E-state index is 13.1. The van der Waals surface area contributed by atoms with E-state index in [2.05, 4.69) is 15.2 Å². The highest BCUT2D eigenvalue weighted by atomic mass is 35.5. The molecule has 182 valence electrons. The van der Waals surface area contributed by atoms with Crippen LogP contribution < -0.4 is 5.32 Å². The van der Waals surface area contributed by atoms with Crippen molar-refractivity contribution in [2.24, 2.45) is 0 Å². The maximum Gasteiger partial charge on any atom is 0.318 e. The number of benzene rings is 1. The summed E-state index contributed by atoms with van der Waals surface area (Å²) in [6.45, 7) is 4.83. The molecule has 2 aromatic rings. The summed E-state index contributed by atoms with van der Waals surface area (Å²) in [5.41, 5.74) is 1.91. The Labute approximate surface area is 207 Å². The number of carbonyl (C=O) groups is 2. The van der Waals surface area contributed by atoms with Crippen molar-refractivity contribution in [3.8, 4) is 0 Å². The van der Waals surface area contributed by atoms with Crippen molar-refractivity contribution in [3.05, 3.63) is 64.9 Å². The van der Waals surface area contributed by atoms with Crippen LogP contribution in [0.2, 0.25) is 5.02 Å². The molecule has 2 aliphatic rings. The lowest BCUT2D eigenvalue weighted by Crippen LogP contribution is -2.54. The summed E-state index contributed by atoms with van der Waals surface area (Å²) >= 11 is 6.03. The Morgan fingerprint density at radius 1 is 0.882 bits per heavy atom. The topological polar surface area (TPSA) is 68.8 Å². The van der Waals surface area contributed by atoms with Crippen molar-refractivity contribution >= 4 is 23.5 Å². The monoisotopic (exact) mass is 483 g/mol. The molecule has 0 spiro atoms. The number of nitrogens with one attached hydrogen (secondary N) is 1. The van der Waals surface area contributed by atoms with Crippen molar-refractivity contribution in [3.63, 3.8) is 0 Å². The van der Waals surface area contributed by atoms with Crippen molar-refractivity contribution in [2.75, 3.05) is 45.8 Å². The minimum absolute atomic E-state index is 0.0943. The number of amides is 3. The van der Waals surface area contributed by atoms with Crippen LogP contribution in [0.1, 0.15) is 43.0 Å². The van der Waals surface area contributed by atoms with Crippen molar-refractivity contribution < 1.29 is 9.59 Å². The molecule has 3 amide bonds. The molecule has 1 N–H and O–H groups in total. The second-order valence-corrected chi connectivity index (χ2v) is 9.58. The van der Waals surface area contributed by atoms with E-state index in [1.165, 1.54) is 12.8 Å². The van der Waals surface area contributed by atoms with Crippen LogP contribution in [0.25, 0.3) is 0 Å². The molecule has 0 bridgehead atoms. The number of pyridine rings is 1. The number of urea groups is 1. The fourth-order valence-corrected chi connectivity index (χ4v) is 4.75. The van der Waals surface area contributed by atoms with Crippen LogP contribution in [0.3, 0.4) is 0 Å². The number of piperazine rings is 1. The first-order chi connectivity index (χ1) is 16.6. The van der Waals surface area contributed by atoms with Crippen molar-refractivity contribution in [1.29, 1.82) is 0 Å². The second kappa shape index (κ2) is 12.2. The predicted octanol–water partition coefficient (Wildman–Crippen LogP) is 3.75. The molecule has 0 radical (unpaired) electrons. The van der Waals surface area contributed by atoms with Crippen LogP contribution in [0.15, 0.2) is 48.7 Å². The Bertz CT molecular complexity index is 924. The highest BCUT2D eigenvalue weighted by Gasteiger charge is 2.26. The SMILES string of the molecule is O=C(CN1CCN(C(=O)NC(Cc2ccc(Cl)cc2)c2ccccn2)CC1)N1CCCCCC1. The molecule has 7 nitrogen and oxygen atoms in total. The summed E-state index contributed by atoms with van der Waals surface area (Å²) in [6, 6.07) is 13.1. The molecule has 34 heavy (non-hydrogen) atoms. The van der Waals surface area contributed by atoms with E-state index < -0.39 is 0 Å². The highest BCUT2D eigenvalue weighted by Crippen LogP contribution is 2.19. The number of nitrogens with zero attached hydrogens (tertiary/aromatic N) is 4. The summed E-state index contributed by atoms with van der Waals surface area (Å²) in [4.78, 5) is 36.3. The Morgan fingerprint density at radius 2 is 1.59 bits per heavy atom. The van der Waals surface area contributed by atoms with Crippen LogP contribution in [0.4, 0.5) is 4.79 Å². The molecule has 1 unspecified atom stereocenters. The molecule has 2 aliphatic heterocycles. The minimum atomic E-state index is -0.238. The third-order valence-electron chi connectivity index (χ3n) is 6.67. The Hall–Kier alpha value is -2.64. The first kappa shape index (κ1) is 24.5. The molecular weight excluding hydrogens is 450 g/mol. The first-order valence-electron chi connectivity index (χ1n) is 12.3. The first-order valence-corrected chi connectivity index (χ1v) is 12.7. The van der Waals surface area contributed by atoms with E-state index in [0.717, 1.165) is 37.2 Å². The van der Waals surface area contributed by atoms with Crippen LogP contribution in [0.5, 0.6) is 0 Å². The summed E-state index contributed by atoms with van der Waals surface area (Å²) < 4.78 is 0. The number of halogens is 1. The fourth-order valence-electron chi connectivity index (χ4n) is 4.63. The number of likely N-dealkylation sites (tertiary alicyclic amines) is 1. The van der Waals surface area contributed by atoms with E-state index in [1.807, 2.05) is 52.3 Å². The van der Waals surface area contributed by atoms with Gasteiger partial charge in [0, 0.05) is 50.5 Å². The maximum atomic E-state index is 13.1. The molecule has 1 aromatic carbocycles. The number of hydrogen-bond acceptors (Lipinski definition) is 4. The lowest BCUT2D eigenvalue weighted by atomic mass is 10.0. The third kappa shape index (κ3) is 6.93. The van der Waals surface area contributed by atoms with Gasteiger partial charge in [0.2, 0.25) is 5.91 Å². The highest BCUT2D eigenvalue weighted by molar-refractivity contribution is 6.30. The smallest absolute Gasteiger partial charge is 0.318 e. The van der Waals surface area contributed by atoms with Crippen molar-refractivity contribution in [2.45, 2.75) is 38.1 Å². The quantitative estimate of drug-likeness (QED) is 0.679. The lowest BCUT2D eigenvalue weighted by molar-refractivity contribution is -0.132. The van der Waals surface area contributed by atoms with Gasteiger partial charge in [0.05, 0.1) is 18.3 Å². The van der Waals surface area contributed by atoms with Gasteiger partial charge in [-0.3, -0.25) is 14.7 Å². The number of rotatable bonds is 6. The number of hydrogen-bond donors (Lipinski definition) is 1. The average molecular weight is 484 g/mol. The summed E-state index contributed by atoms with van der Waals surface area (Å²) in [5, 5.41) is 3.87. The van der Waals surface area contributed by atoms with Gasteiger partial charge in [-0.2, -0.15) is 0 Å². The molecule has 4 rings (SSSR count). The van der Waals surface area contributed by atoms with E-state index >= 15 is 0 Å². The third-order valence-corrected chi connectivity index (χ3v) is 6.92. The van der Waals surface area contributed by atoms with Gasteiger partial charge in [0.15, 0.2) is 0 Å². The molecular formula is C26H34ClN5O2. The van der Waals surface area contributed by atoms with E-state index in [1.54, 1.807) is 6.20 Å². The van der Waals surface area contributed by atoms with Gasteiger partial charge in [-0.25, -0.2) is 4.79 Å². The zero-order valence-corrected chi connectivity index (χ0v) is 20.4. The summed E-state index contributed by atoms with van der Waals surface area (Å²) in [5.74, 6) is 0.220. The van der Waals surface area contributed by atoms with E-state index in [0.29, 0.717) is 44.2 Å². The molecule has 3 heterocycles. The summed E-state index contributed by atoms with van der Waals surface area (Å²) in [6.07, 6.45) is 7.02. The van der Waals surface area contributed by atoms with Gasteiger partial charge in [-0.15, -0.1) is 0 Å². The standard InChI is InChI=1S/C26H34ClN5O2/c27-22-10-8-21(9-11-22)19-24(23-7-3-4-12-28-23)29-26(34)32-17-15-30(16-18-32)20-25(33)31-13-5-1-2-6-14-31/h3-4,7-12,24H,1-2,5-6,13-20H2,(H,29,34). The van der Waals surface area contributed by atoms with E-state index in [-0.39, 0.29) is 18.0 Å². The zero-order chi connectivity index (χ0) is 23.8. The molecule has 2 fully saturated rings. The zero-order valence-electron chi connectivity index (χ0n) is 19.7. The van der Waals surface area contributed by atoms with Gasteiger partial charge < -0.3 is 15.1 Å². The van der Waals surface area contributed by atoms with Gasteiger partial charge in [-0.1, -0.05) is 42.6 Å². The van der Waals surface area contributed by atoms with E-state index in [9.17, 15) is 9.59 Å². The molecule has 2 saturated heterocycles. The van der Waals surface area contributed by atoms with Crippen LogP contribution in [-0.2, 0) is 11.2 Å². The Morgan fingerprint density at radius 3 is 2.24 bits per heavy atom. The van der Waals surface area contributed by atoms with E-state index in [4.69, 9.17) is 11.6 Å². The van der Waals surface area contributed by atoms with Crippen LogP contribution in [-0.4, -0.2) is 77.4 Å². The Balaban J connectivity index is 1.31. The van der Waals surface area contributed by atoms with Gasteiger partial charge in [0.1, 0.15) is 0 Å². The Kier molecular flexibility index (Phi) is 8.77. The van der Waals surface area contributed by atoms with Gasteiger partial charge in [-0.05, 0) is 49.1 Å². The molecule has 1 aromatic heterocycles. The summed E-state index contributed by atoms with van der Waals surface area (Å²) in [7, 11) is 0. The molecule has 0 aliphatic carbocycles. The second-order valence-electron chi connectivity index (χ2n) is 9.15. The lowest BCUT2D eigenvalue weighted by Gasteiger charge is -2.36. The van der Waals surface area contributed by atoms with Gasteiger partial charge in [0.25, 0.3) is 0 Å². The van der Waals surface area contributed by atoms with Crippen LogP contribution >= 0.6 is 11.6 Å². The largest absolute Gasteiger partial charge is 0.342 e.